The summed E-state index contributed by atoms with van der Waals surface area (Å²) in [5.74, 6) is 1.68. The van der Waals surface area contributed by atoms with Crippen LogP contribution in [-0.4, -0.2) is 9.55 Å². The number of imidazole rings is 1. The van der Waals surface area contributed by atoms with Crippen LogP contribution in [0.4, 0.5) is 0 Å². The van der Waals surface area contributed by atoms with Crippen LogP contribution in [0.1, 0.15) is 172 Å². The molecule has 2 atom stereocenters. The minimum absolute atomic E-state index is 0.0208. The lowest BCUT2D eigenvalue weighted by molar-refractivity contribution is 0.322. The van der Waals surface area contributed by atoms with Gasteiger partial charge >= 0.3 is 0 Å². The van der Waals surface area contributed by atoms with Gasteiger partial charge in [0.05, 0.1) is 0 Å². The normalized spacial score (nSPS) is 13.6. The predicted octanol–water partition coefficient (Wildman–Crippen LogP) is 13.0. The molecule has 2 unspecified atom stereocenters. The summed E-state index contributed by atoms with van der Waals surface area (Å²) < 4.78 is 2.51. The average molecular weight is 599 g/mol. The summed E-state index contributed by atoms with van der Waals surface area (Å²) in [5.41, 5.74) is 2.83. The number of hydrogen-bond acceptors (Lipinski definition) is 1. The third-order valence-corrected chi connectivity index (χ3v) is 10.0. The van der Waals surface area contributed by atoms with E-state index in [0.29, 0.717) is 5.92 Å². The van der Waals surface area contributed by atoms with Gasteiger partial charge in [-0.1, -0.05) is 197 Å². The lowest BCUT2D eigenvalue weighted by Gasteiger charge is -2.39. The Morgan fingerprint density at radius 2 is 1.07 bits per heavy atom. The van der Waals surface area contributed by atoms with Gasteiger partial charge in [0.2, 0.25) is 0 Å². The molecule has 0 saturated carbocycles. The number of hydrogen-bond donors (Lipinski definition) is 0. The Labute approximate surface area is 272 Å². The van der Waals surface area contributed by atoms with Crippen molar-refractivity contribution in [2.24, 2.45) is 0 Å². The first-order valence-corrected chi connectivity index (χ1v) is 18.8. The lowest BCUT2D eigenvalue weighted by atomic mass is 9.66. The number of unbranched alkanes of at least 4 members (excludes halogenated alkanes) is 17. The molecule has 1 aromatic heterocycles. The molecule has 0 aliphatic rings. The molecule has 0 aliphatic heterocycles. The number of rotatable bonds is 26. The summed E-state index contributed by atoms with van der Waals surface area (Å²) >= 11 is 0. The summed E-state index contributed by atoms with van der Waals surface area (Å²) in [4.78, 5) is 5.10. The van der Waals surface area contributed by atoms with Gasteiger partial charge in [0.15, 0.2) is 0 Å². The first-order valence-electron chi connectivity index (χ1n) is 18.8. The van der Waals surface area contributed by atoms with Gasteiger partial charge in [-0.05, 0) is 30.4 Å². The standard InChI is InChI=1S/C42H66N2/c1-4-6-8-10-11-12-13-14-15-16-17-18-19-20-28-35-44-36-34-43-41(44)40(33-27-9-7-5-2)42(3,39-31-25-22-26-32-39)37-38-29-23-21-24-30-38/h21-26,29-32,34,36,40H,4-20,27-28,33,35,37H2,1-3H3. The molecule has 1 heterocycles. The van der Waals surface area contributed by atoms with E-state index >= 15 is 0 Å². The molecule has 2 aromatic carbocycles. The molecule has 2 heteroatoms. The molecule has 0 amide bonds. The maximum Gasteiger partial charge on any atom is 0.112 e. The van der Waals surface area contributed by atoms with E-state index < -0.39 is 0 Å². The number of benzene rings is 2. The SMILES string of the molecule is CCCCCCCCCCCCCCCCCn1ccnc1C(CCCCCC)C(C)(Cc1ccccc1)c1ccccc1. The van der Waals surface area contributed by atoms with E-state index in [2.05, 4.69) is 98.4 Å². The van der Waals surface area contributed by atoms with Crippen LogP contribution in [0.2, 0.25) is 0 Å². The second kappa shape index (κ2) is 22.2. The van der Waals surface area contributed by atoms with Crippen molar-refractivity contribution in [1.82, 2.24) is 9.55 Å². The van der Waals surface area contributed by atoms with E-state index in [1.165, 1.54) is 145 Å². The second-order valence-corrected chi connectivity index (χ2v) is 13.8. The summed E-state index contributed by atoms with van der Waals surface area (Å²) in [6.45, 7) is 8.21. The van der Waals surface area contributed by atoms with E-state index in [9.17, 15) is 0 Å². The topological polar surface area (TPSA) is 17.8 Å². The van der Waals surface area contributed by atoms with Crippen LogP contribution in [0.15, 0.2) is 73.1 Å². The van der Waals surface area contributed by atoms with Crippen molar-refractivity contribution in [1.29, 1.82) is 0 Å². The molecule has 0 aliphatic carbocycles. The van der Waals surface area contributed by atoms with Gasteiger partial charge in [-0.3, -0.25) is 0 Å². The minimum atomic E-state index is -0.0208. The van der Waals surface area contributed by atoms with E-state index in [1.807, 2.05) is 0 Å². The second-order valence-electron chi connectivity index (χ2n) is 13.8. The van der Waals surface area contributed by atoms with Crippen molar-refractivity contribution < 1.29 is 0 Å². The molecular weight excluding hydrogens is 532 g/mol. The molecule has 0 radical (unpaired) electrons. The molecule has 3 aromatic rings. The summed E-state index contributed by atoms with van der Waals surface area (Å²) in [6.07, 6.45) is 32.8. The Morgan fingerprint density at radius 3 is 1.61 bits per heavy atom. The third-order valence-electron chi connectivity index (χ3n) is 10.0. The summed E-state index contributed by atoms with van der Waals surface area (Å²) in [6, 6.07) is 22.4. The van der Waals surface area contributed by atoms with Crippen LogP contribution < -0.4 is 0 Å². The van der Waals surface area contributed by atoms with Crippen molar-refractivity contribution in [2.75, 3.05) is 0 Å². The maximum atomic E-state index is 5.10. The highest BCUT2D eigenvalue weighted by Gasteiger charge is 2.39. The predicted molar refractivity (Wildman–Crippen MR) is 193 cm³/mol. The Kier molecular flexibility index (Phi) is 18.2. The number of aryl methyl sites for hydroxylation is 1. The zero-order valence-corrected chi connectivity index (χ0v) is 29.0. The van der Waals surface area contributed by atoms with E-state index in [-0.39, 0.29) is 5.41 Å². The van der Waals surface area contributed by atoms with Crippen molar-refractivity contribution in [3.8, 4) is 0 Å². The first-order chi connectivity index (χ1) is 21.7. The molecule has 0 fully saturated rings. The highest BCUT2D eigenvalue weighted by atomic mass is 15.1. The Morgan fingerprint density at radius 1 is 0.591 bits per heavy atom. The van der Waals surface area contributed by atoms with Crippen LogP contribution in [0.25, 0.3) is 0 Å². The van der Waals surface area contributed by atoms with Crippen LogP contribution in [0.3, 0.4) is 0 Å². The van der Waals surface area contributed by atoms with Crippen molar-refractivity contribution >= 4 is 0 Å². The van der Waals surface area contributed by atoms with Crippen molar-refractivity contribution in [3.63, 3.8) is 0 Å². The first kappa shape index (κ1) is 36.1. The smallest absolute Gasteiger partial charge is 0.112 e. The third kappa shape index (κ3) is 12.9. The van der Waals surface area contributed by atoms with Crippen LogP contribution >= 0.6 is 0 Å². The van der Waals surface area contributed by atoms with Gasteiger partial charge in [0.25, 0.3) is 0 Å². The summed E-state index contributed by atoms with van der Waals surface area (Å²) in [7, 11) is 0. The van der Waals surface area contributed by atoms with Gasteiger partial charge < -0.3 is 4.57 Å². The van der Waals surface area contributed by atoms with Gasteiger partial charge in [0.1, 0.15) is 5.82 Å². The maximum absolute atomic E-state index is 5.10. The molecule has 2 nitrogen and oxygen atoms in total. The summed E-state index contributed by atoms with van der Waals surface area (Å²) in [5, 5.41) is 0. The fourth-order valence-corrected chi connectivity index (χ4v) is 7.25. The lowest BCUT2D eigenvalue weighted by Crippen LogP contribution is -2.35. The van der Waals surface area contributed by atoms with Crippen LogP contribution in [0.5, 0.6) is 0 Å². The molecule has 0 spiro atoms. The Bertz CT molecular complexity index is 1070. The zero-order chi connectivity index (χ0) is 31.1. The van der Waals surface area contributed by atoms with Crippen LogP contribution in [-0.2, 0) is 18.4 Å². The highest BCUT2D eigenvalue weighted by Crippen LogP contribution is 2.44. The molecule has 3 rings (SSSR count). The van der Waals surface area contributed by atoms with Gasteiger partial charge in [-0.25, -0.2) is 4.98 Å². The number of aromatic nitrogens is 2. The van der Waals surface area contributed by atoms with E-state index in [0.717, 1.165) is 13.0 Å². The van der Waals surface area contributed by atoms with Gasteiger partial charge in [-0.15, -0.1) is 0 Å². The molecule has 244 valence electrons. The number of nitrogens with zero attached hydrogens (tertiary/aromatic N) is 2. The average Bonchev–Trinajstić information content (AvgIpc) is 3.51. The molecular formula is C42H66N2. The fraction of sp³-hybridized carbons (Fsp3) is 0.643. The van der Waals surface area contributed by atoms with Gasteiger partial charge in [0, 0.05) is 30.3 Å². The van der Waals surface area contributed by atoms with Crippen LogP contribution in [0, 0.1) is 0 Å². The van der Waals surface area contributed by atoms with Gasteiger partial charge in [-0.2, -0.15) is 0 Å². The van der Waals surface area contributed by atoms with E-state index in [4.69, 9.17) is 4.98 Å². The highest BCUT2D eigenvalue weighted by molar-refractivity contribution is 5.33. The minimum Gasteiger partial charge on any atom is -0.335 e. The van der Waals surface area contributed by atoms with Crippen molar-refractivity contribution in [2.45, 2.75) is 173 Å². The fourth-order valence-electron chi connectivity index (χ4n) is 7.25. The van der Waals surface area contributed by atoms with E-state index in [1.54, 1.807) is 0 Å². The largest absolute Gasteiger partial charge is 0.335 e. The Hall–Kier alpha value is -2.35. The molecule has 0 bridgehead atoms. The molecule has 44 heavy (non-hydrogen) atoms. The monoisotopic (exact) mass is 599 g/mol. The molecule has 0 N–H and O–H groups in total. The Balaban J connectivity index is 1.53. The van der Waals surface area contributed by atoms with Crippen molar-refractivity contribution in [3.05, 3.63) is 90.0 Å². The zero-order valence-electron chi connectivity index (χ0n) is 29.0. The molecule has 0 saturated heterocycles. The quantitative estimate of drug-likeness (QED) is 0.0840.